The minimum absolute atomic E-state index is 0.0582. The first-order valence-corrected chi connectivity index (χ1v) is 7.75. The molecule has 0 aliphatic carbocycles. The summed E-state index contributed by atoms with van der Waals surface area (Å²) in [5.41, 5.74) is 0.466. The molecule has 1 fully saturated rings. The van der Waals surface area contributed by atoms with Gasteiger partial charge in [0.15, 0.2) is 0 Å². The van der Waals surface area contributed by atoms with Crippen molar-refractivity contribution in [3.05, 3.63) is 31.8 Å². The van der Waals surface area contributed by atoms with Crippen LogP contribution in [-0.4, -0.2) is 24.7 Å². The lowest BCUT2D eigenvalue weighted by Crippen LogP contribution is -2.40. The second-order valence-corrected chi connectivity index (χ2v) is 6.81. The molecule has 1 aromatic rings. The molecule has 0 radical (unpaired) electrons. The molecule has 2 rings (SSSR count). The highest BCUT2D eigenvalue weighted by molar-refractivity contribution is 14.1. The van der Waals surface area contributed by atoms with Gasteiger partial charge < -0.3 is 10.1 Å². The Bertz CT molecular complexity index is 458. The second kappa shape index (κ2) is 5.88. The number of hydrogen-bond acceptors (Lipinski definition) is 2. The van der Waals surface area contributed by atoms with Gasteiger partial charge in [-0.25, -0.2) is 0 Å². The smallest absolute Gasteiger partial charge is 0.252 e. The SMILES string of the molecule is CC1(CNC(=O)c2cc(I)ccc2Br)CCCO1. The van der Waals surface area contributed by atoms with Gasteiger partial charge in [0.05, 0.1) is 11.2 Å². The van der Waals surface area contributed by atoms with E-state index in [1.54, 1.807) is 0 Å². The van der Waals surface area contributed by atoms with Crippen molar-refractivity contribution < 1.29 is 9.53 Å². The maximum absolute atomic E-state index is 12.1. The number of nitrogens with one attached hydrogen (secondary N) is 1. The molecule has 1 heterocycles. The van der Waals surface area contributed by atoms with E-state index in [2.05, 4.69) is 43.8 Å². The monoisotopic (exact) mass is 423 g/mol. The van der Waals surface area contributed by atoms with Gasteiger partial charge in [0.2, 0.25) is 0 Å². The third kappa shape index (κ3) is 3.45. The summed E-state index contributed by atoms with van der Waals surface area (Å²) in [4.78, 5) is 12.1. The predicted molar refractivity (Wildman–Crippen MR) is 82.8 cm³/mol. The zero-order chi connectivity index (χ0) is 13.2. The lowest BCUT2D eigenvalue weighted by atomic mass is 10.0. The van der Waals surface area contributed by atoms with Gasteiger partial charge in [-0.1, -0.05) is 0 Å². The van der Waals surface area contributed by atoms with Gasteiger partial charge in [0.1, 0.15) is 0 Å². The first kappa shape index (κ1) is 14.3. The van der Waals surface area contributed by atoms with Gasteiger partial charge in [0, 0.05) is 21.2 Å². The molecule has 1 aromatic carbocycles. The molecule has 1 amide bonds. The minimum atomic E-state index is -0.204. The van der Waals surface area contributed by atoms with Crippen molar-refractivity contribution >= 4 is 44.4 Å². The molecule has 0 saturated carbocycles. The van der Waals surface area contributed by atoms with Gasteiger partial charge >= 0.3 is 0 Å². The quantitative estimate of drug-likeness (QED) is 0.757. The molecule has 1 unspecified atom stereocenters. The van der Waals surface area contributed by atoms with E-state index < -0.39 is 0 Å². The van der Waals surface area contributed by atoms with E-state index in [1.807, 2.05) is 25.1 Å². The van der Waals surface area contributed by atoms with Crippen LogP contribution in [0, 0.1) is 3.57 Å². The summed E-state index contributed by atoms with van der Waals surface area (Å²) < 4.78 is 7.52. The summed E-state index contributed by atoms with van der Waals surface area (Å²) in [6.07, 6.45) is 2.07. The molecule has 1 N–H and O–H groups in total. The number of benzene rings is 1. The van der Waals surface area contributed by atoms with E-state index >= 15 is 0 Å². The van der Waals surface area contributed by atoms with Crippen LogP contribution in [-0.2, 0) is 4.74 Å². The average Bonchev–Trinajstić information content (AvgIpc) is 2.77. The fourth-order valence-electron chi connectivity index (χ4n) is 2.01. The summed E-state index contributed by atoms with van der Waals surface area (Å²) in [6, 6.07) is 5.73. The van der Waals surface area contributed by atoms with E-state index in [4.69, 9.17) is 4.74 Å². The topological polar surface area (TPSA) is 38.3 Å². The molecule has 5 heteroatoms. The van der Waals surface area contributed by atoms with Crippen molar-refractivity contribution in [3.63, 3.8) is 0 Å². The maximum Gasteiger partial charge on any atom is 0.252 e. The van der Waals surface area contributed by atoms with Crippen molar-refractivity contribution in [1.82, 2.24) is 5.32 Å². The second-order valence-electron chi connectivity index (χ2n) is 4.71. The summed E-state index contributed by atoms with van der Waals surface area (Å²) >= 11 is 5.60. The highest BCUT2D eigenvalue weighted by atomic mass is 127. The fourth-order valence-corrected chi connectivity index (χ4v) is 2.93. The number of carbonyl (C=O) groups is 1. The number of rotatable bonds is 3. The number of halogens is 2. The van der Waals surface area contributed by atoms with Crippen LogP contribution in [0.3, 0.4) is 0 Å². The predicted octanol–water partition coefficient (Wildman–Crippen LogP) is 3.35. The maximum atomic E-state index is 12.1. The van der Waals surface area contributed by atoms with Crippen LogP contribution in [0.2, 0.25) is 0 Å². The van der Waals surface area contributed by atoms with Gasteiger partial charge in [-0.2, -0.15) is 0 Å². The largest absolute Gasteiger partial charge is 0.373 e. The Kier molecular flexibility index (Phi) is 4.66. The highest BCUT2D eigenvalue weighted by Crippen LogP contribution is 2.24. The van der Waals surface area contributed by atoms with Crippen molar-refractivity contribution in [2.45, 2.75) is 25.4 Å². The molecule has 0 spiro atoms. The van der Waals surface area contributed by atoms with E-state index in [0.29, 0.717) is 12.1 Å². The van der Waals surface area contributed by atoms with Crippen LogP contribution in [0.4, 0.5) is 0 Å². The Labute approximate surface area is 129 Å². The summed E-state index contributed by atoms with van der Waals surface area (Å²) in [6.45, 7) is 3.40. The van der Waals surface area contributed by atoms with Crippen LogP contribution in [0.25, 0.3) is 0 Å². The standard InChI is InChI=1S/C13H15BrINO2/c1-13(5-2-6-18-13)8-16-12(17)10-7-9(15)3-4-11(10)14/h3-4,7H,2,5-6,8H2,1H3,(H,16,17). The zero-order valence-electron chi connectivity index (χ0n) is 10.1. The van der Waals surface area contributed by atoms with E-state index in [1.165, 1.54) is 0 Å². The number of carbonyl (C=O) groups excluding carboxylic acids is 1. The van der Waals surface area contributed by atoms with E-state index in [-0.39, 0.29) is 11.5 Å². The summed E-state index contributed by atoms with van der Waals surface area (Å²) in [7, 11) is 0. The van der Waals surface area contributed by atoms with Crippen molar-refractivity contribution in [2.75, 3.05) is 13.2 Å². The van der Waals surface area contributed by atoms with Crippen LogP contribution in [0.15, 0.2) is 22.7 Å². The molecule has 18 heavy (non-hydrogen) atoms. The highest BCUT2D eigenvalue weighted by Gasteiger charge is 2.30. The number of hydrogen-bond donors (Lipinski definition) is 1. The van der Waals surface area contributed by atoms with Crippen molar-refractivity contribution in [2.24, 2.45) is 0 Å². The Morgan fingerprint density at radius 2 is 2.39 bits per heavy atom. The molecule has 1 aliphatic heterocycles. The Morgan fingerprint density at radius 1 is 1.61 bits per heavy atom. The normalized spacial score (nSPS) is 23.1. The first-order valence-electron chi connectivity index (χ1n) is 5.87. The number of ether oxygens (including phenoxy) is 1. The minimum Gasteiger partial charge on any atom is -0.373 e. The Morgan fingerprint density at radius 3 is 3.06 bits per heavy atom. The van der Waals surface area contributed by atoms with E-state index in [9.17, 15) is 4.79 Å². The molecule has 3 nitrogen and oxygen atoms in total. The first-order chi connectivity index (χ1) is 8.50. The molecular formula is C13H15BrINO2. The molecule has 0 bridgehead atoms. The number of amides is 1. The zero-order valence-corrected chi connectivity index (χ0v) is 13.9. The van der Waals surface area contributed by atoms with Crippen LogP contribution < -0.4 is 5.32 Å². The molecule has 1 saturated heterocycles. The van der Waals surface area contributed by atoms with Crippen molar-refractivity contribution in [3.8, 4) is 0 Å². The third-order valence-corrected chi connectivity index (χ3v) is 4.46. The van der Waals surface area contributed by atoms with Gasteiger partial charge in [-0.3, -0.25) is 4.79 Å². The summed E-state index contributed by atoms with van der Waals surface area (Å²) in [5, 5.41) is 2.95. The van der Waals surface area contributed by atoms with Gasteiger partial charge in [-0.15, -0.1) is 0 Å². The molecule has 1 aliphatic rings. The third-order valence-electron chi connectivity index (χ3n) is 3.10. The lowest BCUT2D eigenvalue weighted by molar-refractivity contribution is 0.0206. The lowest BCUT2D eigenvalue weighted by Gasteiger charge is -2.23. The average molecular weight is 424 g/mol. The fraction of sp³-hybridized carbons (Fsp3) is 0.462. The van der Waals surface area contributed by atoms with Crippen LogP contribution >= 0.6 is 38.5 Å². The molecular weight excluding hydrogens is 409 g/mol. The molecule has 0 aromatic heterocycles. The van der Waals surface area contributed by atoms with Gasteiger partial charge in [-0.05, 0) is 76.5 Å². The summed E-state index contributed by atoms with van der Waals surface area (Å²) in [5.74, 6) is -0.0582. The molecule has 1 atom stereocenters. The molecule has 98 valence electrons. The van der Waals surface area contributed by atoms with Gasteiger partial charge in [0.25, 0.3) is 5.91 Å². The van der Waals surface area contributed by atoms with Crippen LogP contribution in [0.5, 0.6) is 0 Å². The Hall–Kier alpha value is -0.140. The van der Waals surface area contributed by atoms with E-state index in [0.717, 1.165) is 27.5 Å². The van der Waals surface area contributed by atoms with Crippen LogP contribution in [0.1, 0.15) is 30.1 Å². The van der Waals surface area contributed by atoms with Crippen molar-refractivity contribution in [1.29, 1.82) is 0 Å². The Balaban J connectivity index is 2.01.